The highest BCUT2D eigenvalue weighted by Crippen LogP contribution is 2.32. The molecule has 0 unspecified atom stereocenters. The van der Waals surface area contributed by atoms with E-state index in [4.69, 9.17) is 9.47 Å². The van der Waals surface area contributed by atoms with E-state index in [1.807, 2.05) is 31.2 Å². The first-order chi connectivity index (χ1) is 9.49. The van der Waals surface area contributed by atoms with Gasteiger partial charge in [-0.1, -0.05) is 13.8 Å². The molecule has 106 valence electrons. The minimum Gasteiger partial charge on any atom is -0.497 e. The molecule has 1 aromatic heterocycles. The standard InChI is InChI=1S/C15H17BrN2O2/c1-9(2)15-17-10(3)7-14(18-15)20-13-6-5-11(19-4)8-12(13)16/h5-9H,1-4H3. The molecule has 0 spiro atoms. The van der Waals surface area contributed by atoms with Crippen molar-refractivity contribution in [1.82, 2.24) is 9.97 Å². The summed E-state index contributed by atoms with van der Waals surface area (Å²) in [5.74, 6) is 3.05. The Hall–Kier alpha value is -1.62. The molecule has 0 N–H and O–H groups in total. The molecule has 5 heteroatoms. The topological polar surface area (TPSA) is 44.2 Å². The lowest BCUT2D eigenvalue weighted by molar-refractivity contribution is 0.411. The second kappa shape index (κ2) is 6.22. The molecular weight excluding hydrogens is 320 g/mol. The number of ether oxygens (including phenoxy) is 2. The third-order valence-corrected chi connectivity index (χ3v) is 3.34. The minimum absolute atomic E-state index is 0.261. The van der Waals surface area contributed by atoms with Crippen molar-refractivity contribution in [3.8, 4) is 17.4 Å². The Labute approximate surface area is 127 Å². The van der Waals surface area contributed by atoms with E-state index in [2.05, 4.69) is 39.7 Å². The first-order valence-corrected chi connectivity index (χ1v) is 7.16. The van der Waals surface area contributed by atoms with Crippen molar-refractivity contribution in [2.45, 2.75) is 26.7 Å². The molecule has 0 atom stereocenters. The molecule has 0 aliphatic rings. The largest absolute Gasteiger partial charge is 0.497 e. The second-order valence-electron chi connectivity index (χ2n) is 4.76. The Kier molecular flexibility index (Phi) is 4.60. The predicted octanol–water partition coefficient (Wildman–Crippen LogP) is 4.47. The Morgan fingerprint density at radius 1 is 1.15 bits per heavy atom. The molecule has 0 aliphatic carbocycles. The van der Waals surface area contributed by atoms with Gasteiger partial charge in [0.25, 0.3) is 0 Å². The molecule has 0 bridgehead atoms. The Morgan fingerprint density at radius 3 is 2.50 bits per heavy atom. The first-order valence-electron chi connectivity index (χ1n) is 6.36. The van der Waals surface area contributed by atoms with Crippen molar-refractivity contribution < 1.29 is 9.47 Å². The van der Waals surface area contributed by atoms with Crippen LogP contribution in [0.2, 0.25) is 0 Å². The minimum atomic E-state index is 0.261. The number of nitrogens with zero attached hydrogens (tertiary/aromatic N) is 2. The van der Waals surface area contributed by atoms with Gasteiger partial charge in [0.15, 0.2) is 0 Å². The van der Waals surface area contributed by atoms with Gasteiger partial charge in [-0.3, -0.25) is 0 Å². The summed E-state index contributed by atoms with van der Waals surface area (Å²) in [5, 5.41) is 0. The summed E-state index contributed by atoms with van der Waals surface area (Å²) >= 11 is 3.46. The summed E-state index contributed by atoms with van der Waals surface area (Å²) in [6.07, 6.45) is 0. The number of aryl methyl sites for hydroxylation is 1. The number of hydrogen-bond acceptors (Lipinski definition) is 4. The Bertz CT molecular complexity index is 615. The van der Waals surface area contributed by atoms with Crippen LogP contribution in [0.15, 0.2) is 28.7 Å². The maximum absolute atomic E-state index is 5.83. The lowest BCUT2D eigenvalue weighted by Gasteiger charge is -2.11. The van der Waals surface area contributed by atoms with Gasteiger partial charge >= 0.3 is 0 Å². The van der Waals surface area contributed by atoms with E-state index in [1.165, 1.54) is 0 Å². The van der Waals surface area contributed by atoms with E-state index in [-0.39, 0.29) is 5.92 Å². The van der Waals surface area contributed by atoms with Gasteiger partial charge in [0.2, 0.25) is 5.88 Å². The lowest BCUT2D eigenvalue weighted by atomic mass is 10.2. The zero-order chi connectivity index (χ0) is 14.7. The number of rotatable bonds is 4. The molecule has 0 saturated heterocycles. The molecule has 0 fully saturated rings. The number of hydrogen-bond donors (Lipinski definition) is 0. The van der Waals surface area contributed by atoms with Gasteiger partial charge in [0, 0.05) is 17.7 Å². The van der Waals surface area contributed by atoms with Crippen molar-refractivity contribution in [3.05, 3.63) is 40.3 Å². The summed E-state index contributed by atoms with van der Waals surface area (Å²) in [6, 6.07) is 7.36. The highest BCUT2D eigenvalue weighted by molar-refractivity contribution is 9.10. The number of halogens is 1. The van der Waals surface area contributed by atoms with E-state index in [1.54, 1.807) is 7.11 Å². The number of aromatic nitrogens is 2. The normalized spacial score (nSPS) is 10.7. The zero-order valence-corrected chi connectivity index (χ0v) is 13.6. The Balaban J connectivity index is 2.30. The average Bonchev–Trinajstić information content (AvgIpc) is 2.40. The summed E-state index contributed by atoms with van der Waals surface area (Å²) in [6.45, 7) is 6.05. The van der Waals surface area contributed by atoms with Crippen molar-refractivity contribution in [2.24, 2.45) is 0 Å². The van der Waals surface area contributed by atoms with Crippen molar-refractivity contribution >= 4 is 15.9 Å². The molecule has 1 heterocycles. The highest BCUT2D eigenvalue weighted by Gasteiger charge is 2.10. The maximum Gasteiger partial charge on any atom is 0.222 e. The number of benzene rings is 1. The van der Waals surface area contributed by atoms with Crippen LogP contribution >= 0.6 is 15.9 Å². The third-order valence-electron chi connectivity index (χ3n) is 2.72. The van der Waals surface area contributed by atoms with Gasteiger partial charge in [0.05, 0.1) is 11.6 Å². The van der Waals surface area contributed by atoms with Crippen LogP contribution in [0.3, 0.4) is 0 Å². The molecule has 4 nitrogen and oxygen atoms in total. The van der Waals surface area contributed by atoms with E-state index >= 15 is 0 Å². The molecule has 0 amide bonds. The van der Waals surface area contributed by atoms with Crippen LogP contribution in [0.4, 0.5) is 0 Å². The molecular formula is C15H17BrN2O2. The molecule has 0 saturated carbocycles. The van der Waals surface area contributed by atoms with Crippen LogP contribution in [0.5, 0.6) is 17.4 Å². The molecule has 2 rings (SSSR count). The SMILES string of the molecule is COc1ccc(Oc2cc(C)nc(C(C)C)n2)c(Br)c1. The van der Waals surface area contributed by atoms with Crippen LogP contribution in [-0.2, 0) is 0 Å². The summed E-state index contributed by atoms with van der Waals surface area (Å²) in [4.78, 5) is 8.83. The van der Waals surface area contributed by atoms with Crippen molar-refractivity contribution in [2.75, 3.05) is 7.11 Å². The molecule has 2 aromatic rings. The van der Waals surface area contributed by atoms with Gasteiger partial charge < -0.3 is 9.47 Å². The molecule has 20 heavy (non-hydrogen) atoms. The molecule has 0 radical (unpaired) electrons. The van der Waals surface area contributed by atoms with Crippen LogP contribution < -0.4 is 9.47 Å². The zero-order valence-electron chi connectivity index (χ0n) is 12.0. The van der Waals surface area contributed by atoms with Gasteiger partial charge in [-0.05, 0) is 41.1 Å². The fourth-order valence-corrected chi connectivity index (χ4v) is 2.12. The van der Waals surface area contributed by atoms with Crippen molar-refractivity contribution in [1.29, 1.82) is 0 Å². The van der Waals surface area contributed by atoms with Crippen LogP contribution in [0.25, 0.3) is 0 Å². The van der Waals surface area contributed by atoms with Crippen LogP contribution in [0.1, 0.15) is 31.3 Å². The van der Waals surface area contributed by atoms with E-state index in [0.29, 0.717) is 11.6 Å². The second-order valence-corrected chi connectivity index (χ2v) is 5.61. The fraction of sp³-hybridized carbons (Fsp3) is 0.333. The predicted molar refractivity (Wildman–Crippen MR) is 81.6 cm³/mol. The average molecular weight is 337 g/mol. The summed E-state index contributed by atoms with van der Waals surface area (Å²) in [7, 11) is 1.63. The van der Waals surface area contributed by atoms with Crippen LogP contribution in [-0.4, -0.2) is 17.1 Å². The van der Waals surface area contributed by atoms with Gasteiger partial charge in [-0.25, -0.2) is 4.98 Å². The number of methoxy groups -OCH3 is 1. The van der Waals surface area contributed by atoms with E-state index in [9.17, 15) is 0 Å². The van der Waals surface area contributed by atoms with Gasteiger partial charge in [0.1, 0.15) is 17.3 Å². The fourth-order valence-electron chi connectivity index (χ4n) is 1.68. The summed E-state index contributed by atoms with van der Waals surface area (Å²) < 4.78 is 11.8. The lowest BCUT2D eigenvalue weighted by Crippen LogP contribution is -2.01. The van der Waals surface area contributed by atoms with E-state index < -0.39 is 0 Å². The monoisotopic (exact) mass is 336 g/mol. The van der Waals surface area contributed by atoms with Crippen LogP contribution in [0, 0.1) is 6.92 Å². The van der Waals surface area contributed by atoms with E-state index in [0.717, 1.165) is 21.7 Å². The summed E-state index contributed by atoms with van der Waals surface area (Å²) in [5.41, 5.74) is 0.892. The van der Waals surface area contributed by atoms with Gasteiger partial charge in [-0.15, -0.1) is 0 Å². The maximum atomic E-state index is 5.83. The first kappa shape index (κ1) is 14.8. The smallest absolute Gasteiger partial charge is 0.222 e. The molecule has 1 aromatic carbocycles. The van der Waals surface area contributed by atoms with Crippen molar-refractivity contribution in [3.63, 3.8) is 0 Å². The Morgan fingerprint density at radius 2 is 1.90 bits per heavy atom. The molecule has 0 aliphatic heterocycles. The third kappa shape index (κ3) is 3.48. The highest BCUT2D eigenvalue weighted by atomic mass is 79.9. The quantitative estimate of drug-likeness (QED) is 0.826. The van der Waals surface area contributed by atoms with Gasteiger partial charge in [-0.2, -0.15) is 4.98 Å².